The van der Waals surface area contributed by atoms with Gasteiger partial charge in [0, 0.05) is 0 Å². The monoisotopic (exact) mass is 281 g/mol. The highest BCUT2D eigenvalue weighted by molar-refractivity contribution is 5.82. The highest BCUT2D eigenvalue weighted by Gasteiger charge is 2.06. The first-order chi connectivity index (χ1) is 9.56. The Bertz CT molecular complexity index is 516. The first-order valence-electron chi connectivity index (χ1n) is 5.53. The molecule has 0 unspecified atom stereocenters. The van der Waals surface area contributed by atoms with Crippen molar-refractivity contribution in [1.29, 1.82) is 0 Å². The number of ether oxygens (including phenoxy) is 3. The van der Waals surface area contributed by atoms with Gasteiger partial charge in [-0.2, -0.15) is 5.10 Å². The topological polar surface area (TPSA) is 112 Å². The van der Waals surface area contributed by atoms with Gasteiger partial charge in [-0.05, 0) is 23.8 Å². The second kappa shape index (κ2) is 7.62. The zero-order chi connectivity index (χ0) is 15.0. The largest absolute Gasteiger partial charge is 0.493 e. The predicted octanol–water partition coefficient (Wildman–Crippen LogP) is 0.249. The molecule has 108 valence electrons. The van der Waals surface area contributed by atoms with Crippen molar-refractivity contribution in [2.45, 2.75) is 0 Å². The number of nitrogens with zero attached hydrogens (tertiary/aromatic N) is 1. The fourth-order valence-corrected chi connectivity index (χ4v) is 1.24. The number of rotatable bonds is 6. The summed E-state index contributed by atoms with van der Waals surface area (Å²) in [6, 6.07) is 4.89. The molecule has 0 atom stereocenters. The fourth-order valence-electron chi connectivity index (χ4n) is 1.24. The minimum Gasteiger partial charge on any atom is -0.493 e. The summed E-state index contributed by atoms with van der Waals surface area (Å²) in [5.41, 5.74) is 7.80. The van der Waals surface area contributed by atoms with Crippen molar-refractivity contribution < 1.29 is 23.8 Å². The van der Waals surface area contributed by atoms with Crippen molar-refractivity contribution in [2.75, 3.05) is 20.8 Å². The highest BCUT2D eigenvalue weighted by atomic mass is 16.5. The molecule has 0 heterocycles. The standard InChI is InChI=1S/C12H15N3O5/c1-18-10-5-8(6-14-15-12(17)19-2)3-4-9(10)20-7-11(13)16/h3-6H,7H2,1-2H3,(H2,13,16)(H,15,17)/b14-6-. The van der Waals surface area contributed by atoms with E-state index in [9.17, 15) is 9.59 Å². The molecule has 1 aromatic rings. The summed E-state index contributed by atoms with van der Waals surface area (Å²) in [5, 5.41) is 3.67. The molecule has 1 rings (SSSR count). The van der Waals surface area contributed by atoms with Gasteiger partial charge < -0.3 is 19.9 Å². The van der Waals surface area contributed by atoms with Crippen molar-refractivity contribution in [2.24, 2.45) is 10.8 Å². The molecule has 0 aliphatic heterocycles. The molecule has 0 saturated heterocycles. The predicted molar refractivity (Wildman–Crippen MR) is 70.8 cm³/mol. The molecule has 1 aromatic carbocycles. The number of nitrogens with one attached hydrogen (secondary N) is 1. The van der Waals surface area contributed by atoms with Crippen LogP contribution in [0.1, 0.15) is 5.56 Å². The molecule has 0 bridgehead atoms. The Balaban J connectivity index is 2.76. The average Bonchev–Trinajstić information content (AvgIpc) is 2.45. The Kier molecular flexibility index (Phi) is 5.82. The van der Waals surface area contributed by atoms with E-state index < -0.39 is 12.0 Å². The first kappa shape index (κ1) is 15.3. The summed E-state index contributed by atoms with van der Waals surface area (Å²) in [4.78, 5) is 21.4. The number of carbonyl (C=O) groups is 2. The Morgan fingerprint density at radius 1 is 1.35 bits per heavy atom. The summed E-state index contributed by atoms with van der Waals surface area (Å²) in [6.07, 6.45) is 0.728. The molecule has 0 fully saturated rings. The number of benzene rings is 1. The quantitative estimate of drug-likeness (QED) is 0.573. The number of hydrazone groups is 1. The van der Waals surface area contributed by atoms with E-state index in [1.807, 2.05) is 0 Å². The molecular formula is C12H15N3O5. The fraction of sp³-hybridized carbons (Fsp3) is 0.250. The second-order valence-corrected chi connectivity index (χ2v) is 3.53. The first-order valence-corrected chi connectivity index (χ1v) is 5.53. The molecular weight excluding hydrogens is 266 g/mol. The highest BCUT2D eigenvalue weighted by Crippen LogP contribution is 2.27. The van der Waals surface area contributed by atoms with Crippen LogP contribution >= 0.6 is 0 Å². The van der Waals surface area contributed by atoms with Gasteiger partial charge in [0.15, 0.2) is 18.1 Å². The van der Waals surface area contributed by atoms with Crippen LogP contribution in [0.4, 0.5) is 4.79 Å². The van der Waals surface area contributed by atoms with Gasteiger partial charge in [0.25, 0.3) is 5.91 Å². The maximum atomic E-state index is 10.8. The summed E-state index contributed by atoms with van der Waals surface area (Å²) in [7, 11) is 2.69. The van der Waals surface area contributed by atoms with Crippen LogP contribution in [-0.4, -0.2) is 39.0 Å². The van der Waals surface area contributed by atoms with Crippen LogP contribution in [-0.2, 0) is 9.53 Å². The molecule has 20 heavy (non-hydrogen) atoms. The van der Waals surface area contributed by atoms with E-state index in [1.165, 1.54) is 20.4 Å². The molecule has 2 amide bonds. The summed E-state index contributed by atoms with van der Waals surface area (Å²) in [5.74, 6) is 0.206. The number of nitrogens with two attached hydrogens (primary N) is 1. The lowest BCUT2D eigenvalue weighted by molar-refractivity contribution is -0.119. The molecule has 3 N–H and O–H groups in total. The third-order valence-electron chi connectivity index (χ3n) is 2.11. The van der Waals surface area contributed by atoms with Gasteiger partial charge in [0.2, 0.25) is 0 Å². The van der Waals surface area contributed by atoms with Crippen LogP contribution < -0.4 is 20.6 Å². The SMILES string of the molecule is COC(=O)N/N=C\c1ccc(OCC(N)=O)c(OC)c1. The van der Waals surface area contributed by atoms with Gasteiger partial charge in [-0.3, -0.25) is 4.79 Å². The van der Waals surface area contributed by atoms with Crippen LogP contribution in [0.25, 0.3) is 0 Å². The number of hydrogen-bond donors (Lipinski definition) is 2. The lowest BCUT2D eigenvalue weighted by Crippen LogP contribution is -2.20. The Labute approximate surface area is 115 Å². The molecule has 8 nitrogen and oxygen atoms in total. The molecule has 0 spiro atoms. The van der Waals surface area contributed by atoms with Gasteiger partial charge >= 0.3 is 6.09 Å². The Morgan fingerprint density at radius 3 is 2.70 bits per heavy atom. The number of primary amides is 1. The third kappa shape index (κ3) is 4.84. The van der Waals surface area contributed by atoms with Crippen LogP contribution in [0.3, 0.4) is 0 Å². The summed E-state index contributed by atoms with van der Waals surface area (Å²) >= 11 is 0. The van der Waals surface area contributed by atoms with Crippen LogP contribution in [0.15, 0.2) is 23.3 Å². The number of methoxy groups -OCH3 is 2. The Morgan fingerprint density at radius 2 is 2.10 bits per heavy atom. The van der Waals surface area contributed by atoms with Gasteiger partial charge in [-0.25, -0.2) is 10.2 Å². The summed E-state index contributed by atoms with van der Waals surface area (Å²) < 4.78 is 14.6. The van der Waals surface area contributed by atoms with Crippen LogP contribution in [0, 0.1) is 0 Å². The van der Waals surface area contributed by atoms with E-state index >= 15 is 0 Å². The molecule has 0 aromatic heterocycles. The minimum absolute atomic E-state index is 0.242. The van der Waals surface area contributed by atoms with Gasteiger partial charge in [0.1, 0.15) is 0 Å². The van der Waals surface area contributed by atoms with E-state index in [0.29, 0.717) is 17.1 Å². The van der Waals surface area contributed by atoms with Crippen molar-refractivity contribution in [3.63, 3.8) is 0 Å². The van der Waals surface area contributed by atoms with Crippen LogP contribution in [0.2, 0.25) is 0 Å². The number of hydrogen-bond acceptors (Lipinski definition) is 6. The zero-order valence-electron chi connectivity index (χ0n) is 11.1. The van der Waals surface area contributed by atoms with Crippen LogP contribution in [0.5, 0.6) is 11.5 Å². The lowest BCUT2D eigenvalue weighted by Gasteiger charge is -2.09. The van der Waals surface area contributed by atoms with Crippen molar-refractivity contribution in [3.8, 4) is 11.5 Å². The van der Waals surface area contributed by atoms with Crippen molar-refractivity contribution >= 4 is 18.2 Å². The molecule has 0 aliphatic carbocycles. The maximum Gasteiger partial charge on any atom is 0.427 e. The zero-order valence-corrected chi connectivity index (χ0v) is 11.1. The Hall–Kier alpha value is -2.77. The smallest absolute Gasteiger partial charge is 0.427 e. The second-order valence-electron chi connectivity index (χ2n) is 3.53. The summed E-state index contributed by atoms with van der Waals surface area (Å²) in [6.45, 7) is -0.242. The van der Waals surface area contributed by atoms with Crippen molar-refractivity contribution in [1.82, 2.24) is 5.43 Å². The van der Waals surface area contributed by atoms with Gasteiger partial charge in [-0.15, -0.1) is 0 Å². The minimum atomic E-state index is -0.672. The van der Waals surface area contributed by atoms with E-state index in [4.69, 9.17) is 15.2 Å². The van der Waals surface area contributed by atoms with E-state index in [1.54, 1.807) is 18.2 Å². The van der Waals surface area contributed by atoms with E-state index in [-0.39, 0.29) is 6.61 Å². The van der Waals surface area contributed by atoms with Gasteiger partial charge in [-0.1, -0.05) is 0 Å². The number of amides is 2. The molecule has 0 saturated carbocycles. The average molecular weight is 281 g/mol. The van der Waals surface area contributed by atoms with E-state index in [2.05, 4.69) is 15.3 Å². The third-order valence-corrected chi connectivity index (χ3v) is 2.11. The lowest BCUT2D eigenvalue weighted by atomic mass is 10.2. The normalized spacial score (nSPS) is 10.1. The van der Waals surface area contributed by atoms with E-state index in [0.717, 1.165) is 0 Å². The molecule has 0 aliphatic rings. The molecule has 8 heteroatoms. The number of carbonyl (C=O) groups excluding carboxylic acids is 2. The van der Waals surface area contributed by atoms with Gasteiger partial charge in [0.05, 0.1) is 20.4 Å². The molecule has 0 radical (unpaired) electrons. The van der Waals surface area contributed by atoms with Crippen molar-refractivity contribution in [3.05, 3.63) is 23.8 Å². The maximum absolute atomic E-state index is 10.8.